The summed E-state index contributed by atoms with van der Waals surface area (Å²) in [7, 11) is 0. The second-order valence-corrected chi connectivity index (χ2v) is 15.2. The summed E-state index contributed by atoms with van der Waals surface area (Å²) in [6, 6.07) is 69.5. The quantitative estimate of drug-likeness (QED) is 0.173. The van der Waals surface area contributed by atoms with Crippen molar-refractivity contribution >= 4 is 76.7 Å². The number of fused-ring (bicyclic) bond motifs is 10. The molecule has 58 heavy (non-hydrogen) atoms. The van der Waals surface area contributed by atoms with Crippen LogP contribution in [0.25, 0.3) is 87.8 Å². The van der Waals surface area contributed by atoms with Crippen LogP contribution in [0, 0.1) is 0 Å². The minimum Gasteiger partial charge on any atom is -0.453 e. The molecule has 9 aromatic carbocycles. The number of nitrogens with zero attached hydrogens (tertiary/aromatic N) is 1. The molecule has 4 nitrogen and oxygen atoms in total. The molecule has 0 radical (unpaired) electrons. The zero-order chi connectivity index (χ0) is 38.2. The minimum absolute atomic E-state index is 0.265. The molecule has 0 fully saturated rings. The van der Waals surface area contributed by atoms with Crippen LogP contribution < -0.4 is 10.3 Å². The summed E-state index contributed by atoms with van der Waals surface area (Å²) in [4.78, 5) is 3.86. The topological polar surface area (TPSA) is 44.1 Å². The van der Waals surface area contributed by atoms with Crippen LogP contribution in [0.1, 0.15) is 22.9 Å². The molecule has 1 aliphatic rings. The van der Waals surface area contributed by atoms with Gasteiger partial charge in [0, 0.05) is 38.6 Å². The Labute approximate surface area is 334 Å². The lowest BCUT2D eigenvalue weighted by molar-refractivity contribution is -0.515. The number of rotatable bonds is 5. The molecule has 1 aliphatic heterocycles. The Kier molecular flexibility index (Phi) is 7.26. The average Bonchev–Trinajstić information content (AvgIpc) is 3.85. The Hall–Kier alpha value is -7.69. The van der Waals surface area contributed by atoms with Gasteiger partial charge in [-0.3, -0.25) is 0 Å². The van der Waals surface area contributed by atoms with Gasteiger partial charge < -0.3 is 14.3 Å². The van der Waals surface area contributed by atoms with Gasteiger partial charge in [0.2, 0.25) is 5.71 Å². The first-order chi connectivity index (χ1) is 28.8. The van der Waals surface area contributed by atoms with Gasteiger partial charge in [0.05, 0.1) is 28.0 Å². The first-order valence-corrected chi connectivity index (χ1v) is 19.9. The number of aromatic nitrogens is 1. The summed E-state index contributed by atoms with van der Waals surface area (Å²) >= 11 is 0. The lowest BCUT2D eigenvalue weighted by Crippen LogP contribution is -2.79. The lowest BCUT2D eigenvalue weighted by Gasteiger charge is -2.20. The fraction of sp³-hybridized carbons (Fsp3) is 0.0185. The Bertz CT molecular complexity index is 3460. The predicted molar refractivity (Wildman–Crippen MR) is 240 cm³/mol. The number of nitrogens with one attached hydrogen (secondary N) is 2. The number of para-hydroxylation sites is 2. The van der Waals surface area contributed by atoms with E-state index in [-0.39, 0.29) is 6.17 Å². The molecule has 0 spiro atoms. The fourth-order valence-electron chi connectivity index (χ4n) is 9.18. The van der Waals surface area contributed by atoms with Crippen molar-refractivity contribution in [1.82, 2.24) is 9.88 Å². The van der Waals surface area contributed by atoms with Crippen molar-refractivity contribution in [2.24, 2.45) is 0 Å². The molecule has 11 aromatic rings. The van der Waals surface area contributed by atoms with Crippen molar-refractivity contribution in [3.05, 3.63) is 217 Å². The van der Waals surface area contributed by atoms with E-state index in [4.69, 9.17) is 4.42 Å². The summed E-state index contributed by atoms with van der Waals surface area (Å²) in [5, 5.41) is 13.3. The van der Waals surface area contributed by atoms with E-state index in [1.54, 1.807) is 0 Å². The Balaban J connectivity index is 1.07. The van der Waals surface area contributed by atoms with Crippen molar-refractivity contribution in [2.75, 3.05) is 0 Å². The molecule has 0 saturated carbocycles. The summed E-state index contributed by atoms with van der Waals surface area (Å²) < 4.78 is 9.69. The highest BCUT2D eigenvalue weighted by Gasteiger charge is 2.29. The number of hydrogen-bond acceptors (Lipinski definition) is 2. The van der Waals surface area contributed by atoms with Crippen LogP contribution in [0.15, 0.2) is 205 Å². The molecular formula is C54H36N3O+. The Morgan fingerprint density at radius 1 is 0.448 bits per heavy atom. The first-order valence-electron chi connectivity index (χ1n) is 19.9. The van der Waals surface area contributed by atoms with Crippen LogP contribution in [0.3, 0.4) is 0 Å². The van der Waals surface area contributed by atoms with E-state index in [1.807, 2.05) is 0 Å². The number of hydrogen-bond donors (Lipinski definition) is 2. The molecule has 0 saturated heterocycles. The maximum absolute atomic E-state index is 7.26. The second kappa shape index (κ2) is 12.9. The van der Waals surface area contributed by atoms with Crippen LogP contribution in [0.5, 0.6) is 0 Å². The molecular weight excluding hydrogens is 707 g/mol. The summed E-state index contributed by atoms with van der Waals surface area (Å²) in [5.74, 6) is 0. The van der Waals surface area contributed by atoms with Crippen molar-refractivity contribution in [3.63, 3.8) is 0 Å². The fourth-order valence-corrected chi connectivity index (χ4v) is 9.18. The van der Waals surface area contributed by atoms with E-state index in [0.29, 0.717) is 0 Å². The summed E-state index contributed by atoms with van der Waals surface area (Å²) in [5.41, 5.74) is 12.9. The maximum atomic E-state index is 7.26. The highest BCUT2D eigenvalue weighted by molar-refractivity contribution is 6.23. The minimum atomic E-state index is -0.265. The van der Waals surface area contributed by atoms with E-state index in [9.17, 15) is 0 Å². The SMILES string of the molecule is C1=C(c2ccc(-c3ccccc3)cc2)NC(c2cccc3c2oc2c3ccc3c4ccccc4n(-c4cc5ccccc5c5ccccc45)c32)[NH+]=C1c1ccccc1. The normalized spacial score (nSPS) is 14.4. The maximum Gasteiger partial charge on any atom is 0.255 e. The Morgan fingerprint density at radius 3 is 1.86 bits per heavy atom. The van der Waals surface area contributed by atoms with Crippen LogP contribution in [-0.4, -0.2) is 10.3 Å². The van der Waals surface area contributed by atoms with E-state index in [2.05, 4.69) is 215 Å². The molecule has 1 atom stereocenters. The first kappa shape index (κ1) is 32.5. The lowest BCUT2D eigenvalue weighted by atomic mass is 9.99. The molecule has 0 aliphatic carbocycles. The van der Waals surface area contributed by atoms with Gasteiger partial charge >= 0.3 is 0 Å². The molecule has 3 heterocycles. The molecule has 0 bridgehead atoms. The predicted octanol–water partition coefficient (Wildman–Crippen LogP) is 11.9. The van der Waals surface area contributed by atoms with E-state index in [1.165, 1.54) is 43.4 Å². The molecule has 2 N–H and O–H groups in total. The zero-order valence-electron chi connectivity index (χ0n) is 31.5. The van der Waals surface area contributed by atoms with Gasteiger partial charge in [-0.2, -0.15) is 0 Å². The number of benzene rings is 9. The standard InChI is InChI=1S/C54H35N3O/c1-3-14-34(15-4-1)35-26-28-37(29-27-35)48-33-47(36-16-5-2-6-17-36)55-54(56-48)46-24-13-23-44-45-31-30-43-42-22-11-12-25-49(42)57(51(43)53(45)58-52(44)46)50-32-38-18-7-8-19-39(38)40-20-9-10-21-41(40)50/h1-33,54,56H/p+1. The van der Waals surface area contributed by atoms with Gasteiger partial charge in [0.15, 0.2) is 5.58 Å². The molecule has 2 aromatic heterocycles. The Morgan fingerprint density at radius 2 is 1.05 bits per heavy atom. The highest BCUT2D eigenvalue weighted by atomic mass is 16.3. The van der Waals surface area contributed by atoms with Gasteiger partial charge in [-0.05, 0) is 69.2 Å². The van der Waals surface area contributed by atoms with Crippen molar-refractivity contribution in [1.29, 1.82) is 0 Å². The van der Waals surface area contributed by atoms with Gasteiger partial charge in [-0.15, -0.1) is 0 Å². The molecule has 0 amide bonds. The van der Waals surface area contributed by atoms with Gasteiger partial charge in [0.25, 0.3) is 6.17 Å². The summed E-state index contributed by atoms with van der Waals surface area (Å²) in [6.07, 6.45) is 1.96. The smallest absolute Gasteiger partial charge is 0.255 e. The number of allylic oxidation sites excluding steroid dienone is 1. The van der Waals surface area contributed by atoms with E-state index < -0.39 is 0 Å². The second-order valence-electron chi connectivity index (χ2n) is 15.2. The molecule has 12 rings (SSSR count). The highest BCUT2D eigenvalue weighted by Crippen LogP contribution is 2.43. The van der Waals surface area contributed by atoms with Crippen LogP contribution in [0.4, 0.5) is 0 Å². The zero-order valence-corrected chi connectivity index (χ0v) is 31.5. The molecule has 1 unspecified atom stereocenters. The molecule has 272 valence electrons. The monoisotopic (exact) mass is 742 g/mol. The van der Waals surface area contributed by atoms with Crippen LogP contribution in [-0.2, 0) is 0 Å². The van der Waals surface area contributed by atoms with Crippen molar-refractivity contribution in [3.8, 4) is 16.8 Å². The number of furan rings is 1. The van der Waals surface area contributed by atoms with E-state index >= 15 is 0 Å². The third-order valence-electron chi connectivity index (χ3n) is 11.9. The molecule has 4 heteroatoms. The largest absolute Gasteiger partial charge is 0.453 e. The van der Waals surface area contributed by atoms with Gasteiger partial charge in [-0.25, -0.2) is 4.99 Å². The van der Waals surface area contributed by atoms with Gasteiger partial charge in [0.1, 0.15) is 5.58 Å². The third-order valence-corrected chi connectivity index (χ3v) is 11.9. The average molecular weight is 743 g/mol. The van der Waals surface area contributed by atoms with Gasteiger partial charge in [-0.1, -0.05) is 158 Å². The van der Waals surface area contributed by atoms with Crippen LogP contribution >= 0.6 is 0 Å². The van der Waals surface area contributed by atoms with Crippen molar-refractivity contribution < 1.29 is 9.41 Å². The van der Waals surface area contributed by atoms with E-state index in [0.717, 1.165) is 66.8 Å². The third kappa shape index (κ3) is 5.05. The summed E-state index contributed by atoms with van der Waals surface area (Å²) in [6.45, 7) is 0. The van der Waals surface area contributed by atoms with Crippen molar-refractivity contribution in [2.45, 2.75) is 6.17 Å². The van der Waals surface area contributed by atoms with Crippen LogP contribution in [0.2, 0.25) is 0 Å².